The predicted molar refractivity (Wildman–Crippen MR) is 132 cm³/mol. The molecule has 7 nitrogen and oxygen atoms in total. The number of thiazole rings is 1. The van der Waals surface area contributed by atoms with Gasteiger partial charge in [-0.25, -0.2) is 0 Å². The fraction of sp³-hybridized carbons (Fsp3) is 0.222. The molecule has 0 aliphatic heterocycles. The van der Waals surface area contributed by atoms with Crippen molar-refractivity contribution in [1.29, 1.82) is 0 Å². The van der Waals surface area contributed by atoms with Crippen LogP contribution in [-0.4, -0.2) is 28.5 Å². The zero-order valence-corrected chi connectivity index (χ0v) is 20.2. The third-order valence-corrected chi connectivity index (χ3v) is 6.39. The number of carbonyl (C=O) groups excluding carboxylic acids is 2. The Labute approximate surface area is 206 Å². The summed E-state index contributed by atoms with van der Waals surface area (Å²) in [6.07, 6.45) is 0.604. The number of ether oxygens (including phenoxy) is 2. The minimum atomic E-state index is -1.44. The molecule has 0 unspecified atom stereocenters. The molecular weight excluding hydrogens is 466 g/mol. The topological polar surface area (TPSA) is 97.7 Å². The van der Waals surface area contributed by atoms with Gasteiger partial charge in [-0.2, -0.15) is 0 Å². The minimum Gasteiger partial charge on any atom is -0.546 e. The summed E-state index contributed by atoms with van der Waals surface area (Å²) in [6, 6.07) is 21.0. The summed E-state index contributed by atoms with van der Waals surface area (Å²) in [4.78, 5) is 36.3. The van der Waals surface area contributed by atoms with Gasteiger partial charge in [-0.15, -0.1) is 0 Å². The second kappa shape index (κ2) is 10.1. The van der Waals surface area contributed by atoms with E-state index in [0.29, 0.717) is 42.2 Å². The highest BCUT2D eigenvalue weighted by Gasteiger charge is 2.21. The number of ketones is 1. The van der Waals surface area contributed by atoms with Crippen LogP contribution in [0.25, 0.3) is 10.2 Å². The first-order chi connectivity index (χ1) is 16.7. The molecule has 0 amide bonds. The summed E-state index contributed by atoms with van der Waals surface area (Å²) in [5.41, 5.74) is 0.518. The second-order valence-electron chi connectivity index (χ2n) is 8.47. The molecular formula is C27H24NO6S-. The van der Waals surface area contributed by atoms with Gasteiger partial charge in [0.25, 0.3) is 0 Å². The number of nitrogens with zero attached hydrogens (tertiary/aromatic N) is 1. The van der Waals surface area contributed by atoms with Crippen molar-refractivity contribution in [3.05, 3.63) is 93.6 Å². The molecule has 8 heteroatoms. The van der Waals surface area contributed by atoms with Gasteiger partial charge in [0.15, 0.2) is 5.78 Å². The lowest BCUT2D eigenvalue weighted by molar-refractivity contribution is -0.320. The van der Waals surface area contributed by atoms with Crippen LogP contribution in [0, 0.1) is 0 Å². The van der Waals surface area contributed by atoms with Crippen LogP contribution in [0.1, 0.15) is 36.2 Å². The molecule has 0 saturated carbocycles. The number of carboxylic acids is 1. The number of rotatable bonds is 10. The molecule has 0 aliphatic carbocycles. The Morgan fingerprint density at radius 1 is 0.943 bits per heavy atom. The van der Waals surface area contributed by atoms with E-state index >= 15 is 0 Å². The Morgan fingerprint density at radius 3 is 2.31 bits per heavy atom. The van der Waals surface area contributed by atoms with Crippen LogP contribution in [0.4, 0.5) is 0 Å². The standard InChI is InChI=1S/C27H25NO6S/c1-27(2,25(30)31)34-21-12-10-20(11-13-21)33-16-6-15-28-22-14-9-19(17-23(22)35-26(28)32)24(29)18-7-4-3-5-8-18/h3-5,7-14,17H,6,15-16H2,1-2H3,(H,30,31)/p-1. The maximum absolute atomic E-state index is 12.7. The van der Waals surface area contributed by atoms with Crippen LogP contribution in [0.3, 0.4) is 0 Å². The molecule has 1 aromatic heterocycles. The maximum Gasteiger partial charge on any atom is 0.308 e. The summed E-state index contributed by atoms with van der Waals surface area (Å²) >= 11 is 1.12. The van der Waals surface area contributed by atoms with Crippen molar-refractivity contribution in [3.8, 4) is 11.5 Å². The minimum absolute atomic E-state index is 0.0760. The van der Waals surface area contributed by atoms with E-state index in [1.54, 1.807) is 53.1 Å². The average Bonchev–Trinajstić information content (AvgIpc) is 3.16. The fourth-order valence-corrected chi connectivity index (χ4v) is 4.49. The summed E-state index contributed by atoms with van der Waals surface area (Å²) in [7, 11) is 0. The highest BCUT2D eigenvalue weighted by atomic mass is 32.1. The number of fused-ring (bicyclic) bond motifs is 1. The Morgan fingerprint density at radius 2 is 1.63 bits per heavy atom. The first-order valence-electron chi connectivity index (χ1n) is 11.1. The van der Waals surface area contributed by atoms with Crippen LogP contribution in [0.15, 0.2) is 77.6 Å². The number of aryl methyl sites for hydroxylation is 1. The van der Waals surface area contributed by atoms with Crippen molar-refractivity contribution in [3.63, 3.8) is 0 Å². The van der Waals surface area contributed by atoms with Crippen LogP contribution in [0.2, 0.25) is 0 Å². The van der Waals surface area contributed by atoms with E-state index in [4.69, 9.17) is 9.47 Å². The van der Waals surface area contributed by atoms with Crippen molar-refractivity contribution in [1.82, 2.24) is 4.57 Å². The van der Waals surface area contributed by atoms with Crippen LogP contribution < -0.4 is 19.5 Å². The molecule has 0 fully saturated rings. The van der Waals surface area contributed by atoms with Gasteiger partial charge in [-0.05, 0) is 62.7 Å². The smallest absolute Gasteiger partial charge is 0.308 e. The van der Waals surface area contributed by atoms with Gasteiger partial charge in [-0.3, -0.25) is 14.2 Å². The molecule has 1 heterocycles. The molecule has 0 bridgehead atoms. The van der Waals surface area contributed by atoms with Crippen molar-refractivity contribution in [2.24, 2.45) is 0 Å². The summed E-state index contributed by atoms with van der Waals surface area (Å²) in [5, 5.41) is 11.1. The van der Waals surface area contributed by atoms with Crippen molar-refractivity contribution < 1.29 is 24.2 Å². The highest BCUT2D eigenvalue weighted by Crippen LogP contribution is 2.23. The predicted octanol–water partition coefficient (Wildman–Crippen LogP) is 3.67. The fourth-order valence-electron chi connectivity index (χ4n) is 3.53. The number of aliphatic carboxylic acids is 1. The monoisotopic (exact) mass is 490 g/mol. The van der Waals surface area contributed by atoms with Crippen LogP contribution in [0.5, 0.6) is 11.5 Å². The lowest BCUT2D eigenvalue weighted by atomic mass is 10.0. The third kappa shape index (κ3) is 5.60. The lowest BCUT2D eigenvalue weighted by Gasteiger charge is -2.27. The first kappa shape index (κ1) is 24.2. The zero-order chi connectivity index (χ0) is 25.0. The van der Waals surface area contributed by atoms with E-state index in [9.17, 15) is 19.5 Å². The van der Waals surface area contributed by atoms with Gasteiger partial charge in [0, 0.05) is 17.7 Å². The van der Waals surface area contributed by atoms with E-state index in [0.717, 1.165) is 21.6 Å². The molecule has 180 valence electrons. The van der Waals surface area contributed by atoms with Crippen LogP contribution >= 0.6 is 11.3 Å². The van der Waals surface area contributed by atoms with Gasteiger partial charge < -0.3 is 19.4 Å². The van der Waals surface area contributed by atoms with E-state index < -0.39 is 11.6 Å². The molecule has 0 atom stereocenters. The Hall–Kier alpha value is -3.91. The molecule has 3 aromatic carbocycles. The van der Waals surface area contributed by atoms with E-state index in [1.165, 1.54) is 13.8 Å². The Balaban J connectivity index is 1.36. The largest absolute Gasteiger partial charge is 0.546 e. The normalized spacial score (nSPS) is 11.4. The Kier molecular flexibility index (Phi) is 7.02. The molecule has 0 N–H and O–H groups in total. The van der Waals surface area contributed by atoms with Gasteiger partial charge >= 0.3 is 4.87 Å². The molecule has 0 saturated heterocycles. The highest BCUT2D eigenvalue weighted by molar-refractivity contribution is 7.16. The Bertz CT molecular complexity index is 1400. The quantitative estimate of drug-likeness (QED) is 0.249. The van der Waals surface area contributed by atoms with Crippen LogP contribution in [-0.2, 0) is 11.3 Å². The average molecular weight is 491 g/mol. The number of carbonyl (C=O) groups is 2. The van der Waals surface area contributed by atoms with Gasteiger partial charge in [0.05, 0.1) is 22.8 Å². The number of aromatic nitrogens is 1. The lowest BCUT2D eigenvalue weighted by Crippen LogP contribution is -2.47. The number of carboxylic acid groups (broad SMARTS) is 1. The van der Waals surface area contributed by atoms with E-state index in [1.807, 2.05) is 24.3 Å². The number of benzene rings is 3. The zero-order valence-electron chi connectivity index (χ0n) is 19.4. The van der Waals surface area contributed by atoms with E-state index in [2.05, 4.69) is 0 Å². The van der Waals surface area contributed by atoms with Gasteiger partial charge in [-0.1, -0.05) is 41.7 Å². The SMILES string of the molecule is CC(C)(Oc1ccc(OCCCn2c(=O)sc3cc(C(=O)c4ccccc4)ccc32)cc1)C(=O)[O-]. The first-order valence-corrected chi connectivity index (χ1v) is 11.9. The molecule has 0 radical (unpaired) electrons. The van der Waals surface area contributed by atoms with Gasteiger partial charge in [0.2, 0.25) is 0 Å². The molecule has 0 spiro atoms. The molecule has 35 heavy (non-hydrogen) atoms. The summed E-state index contributed by atoms with van der Waals surface area (Å²) < 4.78 is 13.6. The molecule has 4 aromatic rings. The van der Waals surface area contributed by atoms with Crippen molar-refractivity contribution >= 4 is 33.3 Å². The van der Waals surface area contributed by atoms with E-state index in [-0.39, 0.29) is 10.7 Å². The molecule has 0 aliphatic rings. The number of hydrogen-bond donors (Lipinski definition) is 0. The number of hydrogen-bond acceptors (Lipinski definition) is 7. The summed E-state index contributed by atoms with van der Waals surface area (Å²) in [6.45, 7) is 3.71. The maximum atomic E-state index is 12.7. The summed E-state index contributed by atoms with van der Waals surface area (Å²) in [5.74, 6) is -0.371. The van der Waals surface area contributed by atoms with Gasteiger partial charge in [0.1, 0.15) is 17.1 Å². The van der Waals surface area contributed by atoms with Crippen molar-refractivity contribution in [2.75, 3.05) is 6.61 Å². The third-order valence-electron chi connectivity index (χ3n) is 5.45. The second-order valence-corrected chi connectivity index (χ2v) is 9.46. The van der Waals surface area contributed by atoms with Crippen molar-refractivity contribution in [2.45, 2.75) is 32.4 Å². The molecule has 4 rings (SSSR count).